The molecule has 0 bridgehead atoms. The SMILES string of the molecule is CCC(N)(c1cccc(Cl)c1)c1ccccc1F. The van der Waals surface area contributed by atoms with Gasteiger partial charge in [0, 0.05) is 10.6 Å². The van der Waals surface area contributed by atoms with Gasteiger partial charge in [0.2, 0.25) is 0 Å². The first-order valence-corrected chi connectivity index (χ1v) is 6.25. The highest BCUT2D eigenvalue weighted by Crippen LogP contribution is 2.32. The smallest absolute Gasteiger partial charge is 0.128 e. The van der Waals surface area contributed by atoms with E-state index in [2.05, 4.69) is 0 Å². The zero-order valence-electron chi connectivity index (χ0n) is 10.2. The Morgan fingerprint density at radius 3 is 2.50 bits per heavy atom. The Bertz CT molecular complexity index is 556. The molecule has 94 valence electrons. The van der Waals surface area contributed by atoms with Crippen LogP contribution in [0, 0.1) is 5.82 Å². The molecule has 3 heteroatoms. The molecule has 2 rings (SSSR count). The van der Waals surface area contributed by atoms with Crippen LogP contribution in [0.5, 0.6) is 0 Å². The summed E-state index contributed by atoms with van der Waals surface area (Å²) in [4.78, 5) is 0. The molecule has 2 aromatic rings. The average Bonchev–Trinajstić information content (AvgIpc) is 2.38. The van der Waals surface area contributed by atoms with Gasteiger partial charge in [0.05, 0.1) is 5.54 Å². The molecule has 18 heavy (non-hydrogen) atoms. The van der Waals surface area contributed by atoms with E-state index in [-0.39, 0.29) is 5.82 Å². The van der Waals surface area contributed by atoms with Crippen LogP contribution in [0.25, 0.3) is 0 Å². The van der Waals surface area contributed by atoms with E-state index >= 15 is 0 Å². The minimum absolute atomic E-state index is 0.290. The van der Waals surface area contributed by atoms with Crippen molar-refractivity contribution in [3.05, 3.63) is 70.5 Å². The highest BCUT2D eigenvalue weighted by molar-refractivity contribution is 6.30. The quantitative estimate of drug-likeness (QED) is 0.887. The van der Waals surface area contributed by atoms with Gasteiger partial charge in [-0.05, 0) is 30.2 Å². The second kappa shape index (κ2) is 5.09. The number of halogens is 2. The molecule has 1 atom stereocenters. The third-order valence-corrected chi connectivity index (χ3v) is 3.49. The standard InChI is InChI=1S/C15H15ClFN/c1-2-15(18,11-6-5-7-12(16)10-11)13-8-3-4-9-14(13)17/h3-10H,2,18H2,1H3. The van der Waals surface area contributed by atoms with Gasteiger partial charge in [-0.15, -0.1) is 0 Å². The molecule has 2 N–H and O–H groups in total. The van der Waals surface area contributed by atoms with Crippen LogP contribution in [0.1, 0.15) is 24.5 Å². The zero-order valence-corrected chi connectivity index (χ0v) is 10.9. The lowest BCUT2D eigenvalue weighted by atomic mass is 9.81. The van der Waals surface area contributed by atoms with E-state index in [1.165, 1.54) is 6.07 Å². The first-order valence-electron chi connectivity index (χ1n) is 5.88. The molecule has 0 saturated heterocycles. The van der Waals surface area contributed by atoms with Crippen LogP contribution in [-0.2, 0) is 5.54 Å². The van der Waals surface area contributed by atoms with Crippen molar-refractivity contribution in [2.45, 2.75) is 18.9 Å². The van der Waals surface area contributed by atoms with E-state index in [1.807, 2.05) is 19.1 Å². The first-order chi connectivity index (χ1) is 8.58. The number of benzene rings is 2. The maximum Gasteiger partial charge on any atom is 0.128 e. The molecule has 0 heterocycles. The topological polar surface area (TPSA) is 26.0 Å². The molecule has 0 aliphatic carbocycles. The molecule has 0 aromatic heterocycles. The van der Waals surface area contributed by atoms with Crippen LogP contribution >= 0.6 is 11.6 Å². The van der Waals surface area contributed by atoms with Crippen molar-refractivity contribution in [1.82, 2.24) is 0 Å². The Labute approximate surface area is 111 Å². The van der Waals surface area contributed by atoms with Crippen molar-refractivity contribution < 1.29 is 4.39 Å². The lowest BCUT2D eigenvalue weighted by Gasteiger charge is -2.30. The fourth-order valence-corrected chi connectivity index (χ4v) is 2.33. The van der Waals surface area contributed by atoms with Crippen molar-refractivity contribution >= 4 is 11.6 Å². The van der Waals surface area contributed by atoms with Gasteiger partial charge in [0.1, 0.15) is 5.82 Å². The highest BCUT2D eigenvalue weighted by Gasteiger charge is 2.30. The fraction of sp³-hybridized carbons (Fsp3) is 0.200. The largest absolute Gasteiger partial charge is 0.318 e. The van der Waals surface area contributed by atoms with Crippen molar-refractivity contribution in [2.24, 2.45) is 5.73 Å². The van der Waals surface area contributed by atoms with E-state index in [1.54, 1.807) is 30.3 Å². The molecule has 0 radical (unpaired) electrons. The predicted molar refractivity (Wildman–Crippen MR) is 73.1 cm³/mol. The number of hydrogen-bond acceptors (Lipinski definition) is 1. The molecule has 1 unspecified atom stereocenters. The maximum absolute atomic E-state index is 13.9. The Balaban J connectivity index is 2.59. The lowest BCUT2D eigenvalue weighted by Crippen LogP contribution is -2.38. The van der Waals surface area contributed by atoms with Crippen molar-refractivity contribution in [3.63, 3.8) is 0 Å². The summed E-state index contributed by atoms with van der Waals surface area (Å²) >= 11 is 5.99. The normalized spacial score (nSPS) is 14.2. The summed E-state index contributed by atoms with van der Waals surface area (Å²) in [5.41, 5.74) is 6.88. The minimum Gasteiger partial charge on any atom is -0.318 e. The monoisotopic (exact) mass is 263 g/mol. The third-order valence-electron chi connectivity index (χ3n) is 3.25. The Hall–Kier alpha value is -1.38. The summed E-state index contributed by atoms with van der Waals surface area (Å²) < 4.78 is 13.9. The third kappa shape index (κ3) is 2.26. The van der Waals surface area contributed by atoms with E-state index in [0.29, 0.717) is 17.0 Å². The van der Waals surface area contributed by atoms with Crippen LogP contribution in [0.4, 0.5) is 4.39 Å². The number of nitrogens with two attached hydrogens (primary N) is 1. The lowest BCUT2D eigenvalue weighted by molar-refractivity contribution is 0.479. The van der Waals surface area contributed by atoms with Gasteiger partial charge < -0.3 is 5.73 Å². The van der Waals surface area contributed by atoms with Crippen LogP contribution in [0.3, 0.4) is 0 Å². The zero-order chi connectivity index (χ0) is 13.2. The van der Waals surface area contributed by atoms with Crippen molar-refractivity contribution in [3.8, 4) is 0 Å². The fourth-order valence-electron chi connectivity index (χ4n) is 2.14. The van der Waals surface area contributed by atoms with Gasteiger partial charge in [-0.3, -0.25) is 0 Å². The van der Waals surface area contributed by atoms with Crippen LogP contribution < -0.4 is 5.73 Å². The van der Waals surface area contributed by atoms with Crippen LogP contribution in [0.2, 0.25) is 5.02 Å². The molecular weight excluding hydrogens is 249 g/mol. The molecule has 0 fully saturated rings. The summed E-state index contributed by atoms with van der Waals surface area (Å²) in [5, 5.41) is 0.604. The predicted octanol–water partition coefficient (Wildman–Crippen LogP) is 4.09. The second-order valence-corrected chi connectivity index (χ2v) is 4.75. The number of rotatable bonds is 3. The Morgan fingerprint density at radius 1 is 1.17 bits per heavy atom. The maximum atomic E-state index is 13.9. The molecule has 0 saturated carbocycles. The highest BCUT2D eigenvalue weighted by atomic mass is 35.5. The summed E-state index contributed by atoms with van der Waals surface area (Å²) in [6.07, 6.45) is 0.592. The van der Waals surface area contributed by atoms with Crippen LogP contribution in [0.15, 0.2) is 48.5 Å². The average molecular weight is 264 g/mol. The van der Waals surface area contributed by atoms with E-state index < -0.39 is 5.54 Å². The van der Waals surface area contributed by atoms with Gasteiger partial charge in [-0.1, -0.05) is 48.9 Å². The van der Waals surface area contributed by atoms with Crippen molar-refractivity contribution in [2.75, 3.05) is 0 Å². The van der Waals surface area contributed by atoms with Gasteiger partial charge >= 0.3 is 0 Å². The van der Waals surface area contributed by atoms with Gasteiger partial charge in [-0.25, -0.2) is 4.39 Å². The second-order valence-electron chi connectivity index (χ2n) is 4.32. The summed E-state index contributed by atoms with van der Waals surface area (Å²) in [6.45, 7) is 1.94. The molecule has 0 aliphatic rings. The molecule has 2 aromatic carbocycles. The van der Waals surface area contributed by atoms with Gasteiger partial charge in [0.15, 0.2) is 0 Å². The van der Waals surface area contributed by atoms with Gasteiger partial charge in [-0.2, -0.15) is 0 Å². The number of hydrogen-bond donors (Lipinski definition) is 1. The molecule has 1 nitrogen and oxygen atoms in total. The van der Waals surface area contributed by atoms with Crippen molar-refractivity contribution in [1.29, 1.82) is 0 Å². The van der Waals surface area contributed by atoms with E-state index in [9.17, 15) is 4.39 Å². The molecule has 0 amide bonds. The molecular formula is C15H15ClFN. The Kier molecular flexibility index (Phi) is 3.69. The Morgan fingerprint density at radius 2 is 1.89 bits per heavy atom. The van der Waals surface area contributed by atoms with Gasteiger partial charge in [0.25, 0.3) is 0 Å². The molecule has 0 spiro atoms. The van der Waals surface area contributed by atoms with E-state index in [0.717, 1.165) is 5.56 Å². The molecule has 0 aliphatic heterocycles. The summed E-state index contributed by atoms with van der Waals surface area (Å²) in [5.74, 6) is -0.290. The summed E-state index contributed by atoms with van der Waals surface area (Å²) in [6, 6.07) is 13.9. The first kappa shape index (κ1) is 13.1. The van der Waals surface area contributed by atoms with Crippen LogP contribution in [-0.4, -0.2) is 0 Å². The minimum atomic E-state index is -0.851. The summed E-state index contributed by atoms with van der Waals surface area (Å²) in [7, 11) is 0. The van der Waals surface area contributed by atoms with E-state index in [4.69, 9.17) is 17.3 Å².